The van der Waals surface area contributed by atoms with E-state index in [4.69, 9.17) is 9.15 Å². The molecule has 0 atom stereocenters. The fourth-order valence-corrected chi connectivity index (χ4v) is 2.47. The number of nitrogens with zero attached hydrogens (tertiary/aromatic N) is 3. The van der Waals surface area contributed by atoms with Gasteiger partial charge >= 0.3 is 11.4 Å². The molecule has 2 aromatic carbocycles. The lowest BCUT2D eigenvalue weighted by molar-refractivity contribution is -0.385. The number of fused-ring (bicyclic) bond motifs is 1. The molecule has 0 bridgehead atoms. The van der Waals surface area contributed by atoms with Crippen LogP contribution in [0, 0.1) is 20.2 Å². The number of oxazole rings is 1. The third-order valence-corrected chi connectivity index (χ3v) is 3.64. The highest BCUT2D eigenvalue weighted by Crippen LogP contribution is 2.28. The van der Waals surface area contributed by atoms with Crippen LogP contribution in [0.4, 0.5) is 11.4 Å². The van der Waals surface area contributed by atoms with E-state index >= 15 is 0 Å². The smallest absolute Gasteiger partial charge is 0.420 e. The molecule has 3 rings (SSSR count). The largest absolute Gasteiger partial charge is 0.490 e. The lowest BCUT2D eigenvalue weighted by Crippen LogP contribution is -2.15. The van der Waals surface area contributed by atoms with Gasteiger partial charge in [0.15, 0.2) is 11.3 Å². The Morgan fingerprint density at radius 2 is 1.88 bits per heavy atom. The van der Waals surface area contributed by atoms with Crippen molar-refractivity contribution in [1.29, 1.82) is 0 Å². The van der Waals surface area contributed by atoms with Crippen LogP contribution in [0.15, 0.2) is 45.6 Å². The van der Waals surface area contributed by atoms with Gasteiger partial charge in [0.05, 0.1) is 29.0 Å². The highest BCUT2D eigenvalue weighted by atomic mass is 16.6. The summed E-state index contributed by atoms with van der Waals surface area (Å²) in [6.45, 7) is -0.0438. The molecule has 1 heterocycles. The summed E-state index contributed by atoms with van der Waals surface area (Å²) in [5.41, 5.74) is 0.440. The Bertz CT molecular complexity index is 1050. The van der Waals surface area contributed by atoms with Crippen LogP contribution in [-0.4, -0.2) is 21.5 Å². The van der Waals surface area contributed by atoms with Gasteiger partial charge in [-0.2, -0.15) is 0 Å². The topological polar surface area (TPSA) is 131 Å². The van der Waals surface area contributed by atoms with Crippen LogP contribution in [0.3, 0.4) is 0 Å². The highest BCUT2D eigenvalue weighted by Gasteiger charge is 2.18. The summed E-state index contributed by atoms with van der Waals surface area (Å²) in [4.78, 5) is 32.9. The van der Waals surface area contributed by atoms with Crippen LogP contribution in [-0.2, 0) is 6.54 Å². The first-order valence-electron chi connectivity index (χ1n) is 7.00. The molecule has 3 aromatic rings. The van der Waals surface area contributed by atoms with Gasteiger partial charge in [0, 0.05) is 18.2 Å². The van der Waals surface area contributed by atoms with Crippen LogP contribution in [0.5, 0.6) is 5.75 Å². The van der Waals surface area contributed by atoms with Crippen LogP contribution < -0.4 is 10.5 Å². The predicted molar refractivity (Wildman–Crippen MR) is 85.9 cm³/mol. The average molecular weight is 345 g/mol. The van der Waals surface area contributed by atoms with E-state index in [2.05, 4.69) is 0 Å². The minimum atomic E-state index is -0.714. The summed E-state index contributed by atoms with van der Waals surface area (Å²) in [7, 11) is 1.31. The van der Waals surface area contributed by atoms with E-state index in [0.717, 1.165) is 0 Å². The minimum Gasteiger partial charge on any atom is -0.490 e. The van der Waals surface area contributed by atoms with Crippen LogP contribution in [0.25, 0.3) is 11.1 Å². The quantitative estimate of drug-likeness (QED) is 0.512. The van der Waals surface area contributed by atoms with Crippen molar-refractivity contribution in [3.8, 4) is 5.75 Å². The van der Waals surface area contributed by atoms with E-state index in [1.807, 2.05) is 0 Å². The molecule has 0 aliphatic carbocycles. The second-order valence-electron chi connectivity index (χ2n) is 5.13. The number of benzene rings is 2. The molecule has 128 valence electrons. The van der Waals surface area contributed by atoms with Crippen molar-refractivity contribution in [3.05, 3.63) is 72.7 Å². The van der Waals surface area contributed by atoms with Gasteiger partial charge in [-0.05, 0) is 17.7 Å². The standard InChI is InChI=1S/C15H11N3O7/c1-24-13-4-2-9(6-12(13)18(22)23)8-16-11-7-10(17(20)21)3-5-14(11)25-15(16)19/h2-7H,8H2,1H3. The molecule has 0 fully saturated rings. The number of nitro benzene ring substituents is 2. The maximum absolute atomic E-state index is 12.0. The third kappa shape index (κ3) is 2.92. The SMILES string of the molecule is COc1ccc(Cn2c(=O)oc3ccc([N+](=O)[O-])cc32)cc1[N+](=O)[O-]. The van der Waals surface area contributed by atoms with Crippen molar-refractivity contribution in [2.75, 3.05) is 7.11 Å². The lowest BCUT2D eigenvalue weighted by Gasteiger charge is -2.06. The summed E-state index contributed by atoms with van der Waals surface area (Å²) >= 11 is 0. The first-order chi connectivity index (χ1) is 11.9. The minimum absolute atomic E-state index is 0.0438. The molecule has 0 spiro atoms. The molecule has 0 amide bonds. The molecule has 25 heavy (non-hydrogen) atoms. The van der Waals surface area contributed by atoms with Crippen molar-refractivity contribution >= 4 is 22.5 Å². The zero-order chi connectivity index (χ0) is 18.1. The first kappa shape index (κ1) is 16.2. The van der Waals surface area contributed by atoms with E-state index < -0.39 is 15.6 Å². The molecule has 0 saturated carbocycles. The number of ether oxygens (including phenoxy) is 1. The maximum atomic E-state index is 12.0. The molecule has 0 aliphatic rings. The van der Waals surface area contributed by atoms with Crippen LogP contribution in [0.2, 0.25) is 0 Å². The zero-order valence-corrected chi connectivity index (χ0v) is 12.9. The van der Waals surface area contributed by atoms with Gasteiger partial charge < -0.3 is 9.15 Å². The summed E-state index contributed by atoms with van der Waals surface area (Å²) in [6, 6.07) is 8.05. The highest BCUT2D eigenvalue weighted by molar-refractivity contribution is 5.76. The van der Waals surface area contributed by atoms with Gasteiger partial charge in [0.1, 0.15) is 0 Å². The fraction of sp³-hybridized carbons (Fsp3) is 0.133. The summed E-state index contributed by atoms with van der Waals surface area (Å²) in [5, 5.41) is 22.0. The molecule has 0 N–H and O–H groups in total. The van der Waals surface area contributed by atoms with Crippen molar-refractivity contribution in [2.45, 2.75) is 6.54 Å². The van der Waals surface area contributed by atoms with Crippen molar-refractivity contribution in [2.24, 2.45) is 0 Å². The number of non-ortho nitro benzene ring substituents is 1. The van der Waals surface area contributed by atoms with E-state index in [-0.39, 0.29) is 34.8 Å². The average Bonchev–Trinajstić information content (AvgIpc) is 2.89. The second kappa shape index (κ2) is 6.07. The Hall–Kier alpha value is -3.69. The molecule has 1 aromatic heterocycles. The third-order valence-electron chi connectivity index (χ3n) is 3.64. The molecule has 0 aliphatic heterocycles. The molecular formula is C15H11N3O7. The number of hydrogen-bond donors (Lipinski definition) is 0. The van der Waals surface area contributed by atoms with Crippen LogP contribution >= 0.6 is 0 Å². The molecule has 0 saturated heterocycles. The Labute approximate surface area is 139 Å². The predicted octanol–water partition coefficient (Wildman–Crippen LogP) is 2.47. The molecule has 0 radical (unpaired) electrons. The van der Waals surface area contributed by atoms with Gasteiger partial charge in [-0.3, -0.25) is 24.8 Å². The van der Waals surface area contributed by atoms with Crippen molar-refractivity contribution in [3.63, 3.8) is 0 Å². The van der Waals surface area contributed by atoms with E-state index in [0.29, 0.717) is 5.56 Å². The monoisotopic (exact) mass is 345 g/mol. The maximum Gasteiger partial charge on any atom is 0.420 e. The number of hydrogen-bond acceptors (Lipinski definition) is 7. The van der Waals surface area contributed by atoms with Crippen LogP contribution in [0.1, 0.15) is 5.56 Å². The van der Waals surface area contributed by atoms with Gasteiger partial charge in [0.25, 0.3) is 5.69 Å². The number of methoxy groups -OCH3 is 1. The summed E-state index contributed by atoms with van der Waals surface area (Å²) in [5.74, 6) is -0.622. The second-order valence-corrected chi connectivity index (χ2v) is 5.13. The Morgan fingerprint density at radius 3 is 2.52 bits per heavy atom. The summed E-state index contributed by atoms with van der Waals surface area (Å²) in [6.07, 6.45) is 0. The van der Waals surface area contributed by atoms with Gasteiger partial charge in [0.2, 0.25) is 0 Å². The van der Waals surface area contributed by atoms with Crippen molar-refractivity contribution in [1.82, 2.24) is 4.57 Å². The van der Waals surface area contributed by atoms with Gasteiger partial charge in [-0.1, -0.05) is 6.07 Å². The van der Waals surface area contributed by atoms with Crippen molar-refractivity contribution < 1.29 is 19.0 Å². The van der Waals surface area contributed by atoms with Gasteiger partial charge in [-0.25, -0.2) is 4.79 Å². The number of rotatable bonds is 5. The zero-order valence-electron chi connectivity index (χ0n) is 12.9. The fourth-order valence-electron chi connectivity index (χ4n) is 2.47. The molecule has 10 nitrogen and oxygen atoms in total. The summed E-state index contributed by atoms with van der Waals surface area (Å²) < 4.78 is 11.2. The Balaban J connectivity index is 2.09. The lowest BCUT2D eigenvalue weighted by atomic mass is 10.2. The van der Waals surface area contributed by atoms with Gasteiger partial charge in [-0.15, -0.1) is 0 Å². The Morgan fingerprint density at radius 1 is 1.12 bits per heavy atom. The number of aromatic nitrogens is 1. The normalized spacial score (nSPS) is 10.8. The first-order valence-corrected chi connectivity index (χ1v) is 7.00. The van der Waals surface area contributed by atoms with E-state index in [9.17, 15) is 25.0 Å². The molecule has 10 heteroatoms. The molecule has 0 unspecified atom stereocenters. The number of nitro groups is 2. The molecular weight excluding hydrogens is 334 g/mol. The van der Waals surface area contributed by atoms with E-state index in [1.165, 1.54) is 42.0 Å². The van der Waals surface area contributed by atoms with E-state index in [1.54, 1.807) is 6.07 Å². The Kier molecular flexibility index (Phi) is 3.93.